The molecule has 1 aliphatic rings. The van der Waals surface area contributed by atoms with E-state index in [9.17, 15) is 9.90 Å². The van der Waals surface area contributed by atoms with Crippen molar-refractivity contribution in [2.75, 3.05) is 6.54 Å². The van der Waals surface area contributed by atoms with E-state index >= 15 is 0 Å². The van der Waals surface area contributed by atoms with Crippen molar-refractivity contribution in [2.24, 2.45) is 0 Å². The number of rotatable bonds is 5. The average Bonchev–Trinajstić information content (AvgIpc) is 3.26. The van der Waals surface area contributed by atoms with Gasteiger partial charge in [0.05, 0.1) is 0 Å². The molecule has 1 unspecified atom stereocenters. The minimum atomic E-state index is 0.113. The van der Waals surface area contributed by atoms with Gasteiger partial charge in [-0.05, 0) is 67.1 Å². The first-order valence-corrected chi connectivity index (χ1v) is 9.88. The van der Waals surface area contributed by atoms with Crippen LogP contribution in [0.3, 0.4) is 0 Å². The van der Waals surface area contributed by atoms with Crippen molar-refractivity contribution < 1.29 is 9.90 Å². The predicted molar refractivity (Wildman–Crippen MR) is 109 cm³/mol. The molecule has 0 radical (unpaired) electrons. The lowest BCUT2D eigenvalue weighted by molar-refractivity contribution is 0.0594. The Balaban J connectivity index is 1.46. The molecule has 28 heavy (non-hydrogen) atoms. The summed E-state index contributed by atoms with van der Waals surface area (Å²) in [6, 6.07) is 17.1. The summed E-state index contributed by atoms with van der Waals surface area (Å²) >= 11 is 0. The first-order valence-electron chi connectivity index (χ1n) is 9.88. The molecule has 0 aliphatic carbocycles. The van der Waals surface area contributed by atoms with Crippen LogP contribution in [0.2, 0.25) is 0 Å². The van der Waals surface area contributed by atoms with Gasteiger partial charge in [0.25, 0.3) is 5.91 Å². The molecule has 1 atom stereocenters. The number of aryl methyl sites for hydroxylation is 1. The van der Waals surface area contributed by atoms with Crippen molar-refractivity contribution in [3.05, 3.63) is 72.6 Å². The topological polar surface area (TPSA) is 58.4 Å². The van der Waals surface area contributed by atoms with Crippen LogP contribution in [-0.2, 0) is 6.54 Å². The van der Waals surface area contributed by atoms with E-state index in [4.69, 9.17) is 0 Å². The Morgan fingerprint density at radius 1 is 1.04 bits per heavy atom. The van der Waals surface area contributed by atoms with E-state index in [1.165, 1.54) is 6.42 Å². The number of aromatic hydroxyl groups is 1. The molecule has 2 aromatic carbocycles. The number of benzene rings is 2. The molecule has 1 aliphatic heterocycles. The molecule has 5 heteroatoms. The second kappa shape index (κ2) is 8.30. The summed E-state index contributed by atoms with van der Waals surface area (Å²) in [6.45, 7) is 1.66. The highest BCUT2D eigenvalue weighted by Crippen LogP contribution is 2.25. The smallest absolute Gasteiger partial charge is 0.254 e. The molecule has 2 heterocycles. The van der Waals surface area contributed by atoms with E-state index < -0.39 is 0 Å². The SMILES string of the molecule is O=C(c1ccc(-c2ccc(O)cc2)cc1)N1CCCCC1CCn1cccn1. The Morgan fingerprint density at radius 2 is 1.75 bits per heavy atom. The summed E-state index contributed by atoms with van der Waals surface area (Å²) in [6.07, 6.45) is 7.98. The van der Waals surface area contributed by atoms with Gasteiger partial charge >= 0.3 is 0 Å². The van der Waals surface area contributed by atoms with Crippen molar-refractivity contribution in [3.63, 3.8) is 0 Å². The first-order chi connectivity index (χ1) is 13.7. The van der Waals surface area contributed by atoms with Crippen LogP contribution in [0.1, 0.15) is 36.0 Å². The van der Waals surface area contributed by atoms with Gasteiger partial charge in [0.15, 0.2) is 0 Å². The zero-order valence-electron chi connectivity index (χ0n) is 15.9. The molecule has 3 aromatic rings. The van der Waals surface area contributed by atoms with E-state index in [2.05, 4.69) is 5.10 Å². The highest BCUT2D eigenvalue weighted by atomic mass is 16.3. The highest BCUT2D eigenvalue weighted by Gasteiger charge is 2.27. The summed E-state index contributed by atoms with van der Waals surface area (Å²) in [5.74, 6) is 0.365. The van der Waals surface area contributed by atoms with Crippen molar-refractivity contribution in [1.29, 1.82) is 0 Å². The second-order valence-corrected chi connectivity index (χ2v) is 7.33. The van der Waals surface area contributed by atoms with Crippen LogP contribution in [0.5, 0.6) is 5.75 Å². The number of piperidine rings is 1. The largest absolute Gasteiger partial charge is 0.508 e. The summed E-state index contributed by atoms with van der Waals surface area (Å²) in [5, 5.41) is 13.7. The summed E-state index contributed by atoms with van der Waals surface area (Å²) in [4.78, 5) is 15.2. The zero-order valence-corrected chi connectivity index (χ0v) is 15.9. The van der Waals surface area contributed by atoms with Crippen LogP contribution >= 0.6 is 0 Å². The average molecular weight is 375 g/mol. The van der Waals surface area contributed by atoms with Crippen LogP contribution in [0.4, 0.5) is 0 Å². The molecule has 1 amide bonds. The lowest BCUT2D eigenvalue weighted by Gasteiger charge is -2.36. The predicted octanol–water partition coefficient (Wildman–Crippen LogP) is 4.34. The number of nitrogens with zero attached hydrogens (tertiary/aromatic N) is 3. The highest BCUT2D eigenvalue weighted by molar-refractivity contribution is 5.95. The van der Waals surface area contributed by atoms with Gasteiger partial charge in [-0.1, -0.05) is 24.3 Å². The maximum Gasteiger partial charge on any atom is 0.254 e. The van der Waals surface area contributed by atoms with E-state index in [-0.39, 0.29) is 17.7 Å². The third-order valence-corrected chi connectivity index (χ3v) is 5.47. The van der Waals surface area contributed by atoms with Gasteiger partial charge in [-0.2, -0.15) is 5.10 Å². The maximum atomic E-state index is 13.1. The summed E-state index contributed by atoms with van der Waals surface area (Å²) in [5.41, 5.74) is 2.78. The fourth-order valence-electron chi connectivity index (χ4n) is 3.91. The summed E-state index contributed by atoms with van der Waals surface area (Å²) < 4.78 is 1.93. The maximum absolute atomic E-state index is 13.1. The van der Waals surface area contributed by atoms with E-state index in [0.29, 0.717) is 0 Å². The number of carbonyl (C=O) groups excluding carboxylic acids is 1. The van der Waals surface area contributed by atoms with Crippen molar-refractivity contribution in [3.8, 4) is 16.9 Å². The van der Waals surface area contributed by atoms with Crippen LogP contribution in [0.25, 0.3) is 11.1 Å². The Bertz CT molecular complexity index is 902. The van der Waals surface area contributed by atoms with Crippen molar-refractivity contribution in [2.45, 2.75) is 38.3 Å². The van der Waals surface area contributed by atoms with Gasteiger partial charge in [-0.15, -0.1) is 0 Å². The fraction of sp³-hybridized carbons (Fsp3) is 0.304. The second-order valence-electron chi connectivity index (χ2n) is 7.33. The Kier molecular flexibility index (Phi) is 5.42. The lowest BCUT2D eigenvalue weighted by atomic mass is 9.97. The molecular weight excluding hydrogens is 350 g/mol. The van der Waals surface area contributed by atoms with Gasteiger partial charge in [-0.3, -0.25) is 9.48 Å². The number of aromatic nitrogens is 2. The summed E-state index contributed by atoms with van der Waals surface area (Å²) in [7, 11) is 0. The lowest BCUT2D eigenvalue weighted by Crippen LogP contribution is -2.44. The number of hydrogen-bond acceptors (Lipinski definition) is 3. The van der Waals surface area contributed by atoms with Gasteiger partial charge in [0.2, 0.25) is 0 Å². The quantitative estimate of drug-likeness (QED) is 0.722. The van der Waals surface area contributed by atoms with E-state index in [1.54, 1.807) is 18.3 Å². The molecule has 1 fully saturated rings. The molecular formula is C23H25N3O2. The molecule has 5 nitrogen and oxygen atoms in total. The monoisotopic (exact) mass is 375 g/mol. The van der Waals surface area contributed by atoms with Gasteiger partial charge < -0.3 is 10.0 Å². The number of likely N-dealkylation sites (tertiary alicyclic amines) is 1. The Hall–Kier alpha value is -3.08. The van der Waals surface area contributed by atoms with Crippen molar-refractivity contribution in [1.82, 2.24) is 14.7 Å². The fourth-order valence-corrected chi connectivity index (χ4v) is 3.91. The molecule has 0 saturated carbocycles. The van der Waals surface area contributed by atoms with Crippen LogP contribution < -0.4 is 0 Å². The standard InChI is InChI=1S/C23H25N3O2/c27-22-11-9-19(10-12-22)18-5-7-20(8-6-18)23(28)26-16-2-1-4-21(26)13-17-25-15-3-14-24-25/h3,5-12,14-15,21,27H,1-2,4,13,16-17H2. The van der Waals surface area contributed by atoms with E-state index in [0.717, 1.165) is 49.0 Å². The number of hydrogen-bond donors (Lipinski definition) is 1. The normalized spacial score (nSPS) is 16.9. The molecule has 1 N–H and O–H groups in total. The van der Waals surface area contributed by atoms with Crippen molar-refractivity contribution >= 4 is 5.91 Å². The van der Waals surface area contributed by atoms with Gasteiger partial charge in [-0.25, -0.2) is 0 Å². The number of carbonyl (C=O) groups is 1. The number of phenols is 1. The minimum absolute atomic E-state index is 0.113. The molecule has 4 rings (SSSR count). The third kappa shape index (κ3) is 4.09. The van der Waals surface area contributed by atoms with Crippen LogP contribution in [0, 0.1) is 0 Å². The molecule has 0 bridgehead atoms. The first kappa shape index (κ1) is 18.3. The van der Waals surface area contributed by atoms with Crippen LogP contribution in [0.15, 0.2) is 67.0 Å². The molecule has 0 spiro atoms. The van der Waals surface area contributed by atoms with E-state index in [1.807, 2.05) is 58.2 Å². The van der Waals surface area contributed by atoms with Crippen LogP contribution in [-0.4, -0.2) is 38.3 Å². The molecule has 144 valence electrons. The third-order valence-electron chi connectivity index (χ3n) is 5.47. The Morgan fingerprint density at radius 3 is 2.43 bits per heavy atom. The number of amides is 1. The number of phenolic OH excluding ortho intramolecular Hbond substituents is 1. The van der Waals surface area contributed by atoms with Gasteiger partial charge in [0.1, 0.15) is 5.75 Å². The van der Waals surface area contributed by atoms with Gasteiger partial charge in [0, 0.05) is 37.1 Å². The molecule has 1 aromatic heterocycles. The minimum Gasteiger partial charge on any atom is -0.508 e. The Labute approximate surface area is 165 Å². The zero-order chi connectivity index (χ0) is 19.3. The molecule has 1 saturated heterocycles.